The average Bonchev–Trinajstić information content (AvgIpc) is 2.74. The molecule has 3 aromatic rings. The zero-order valence-electron chi connectivity index (χ0n) is 16.3. The first-order valence-electron chi connectivity index (χ1n) is 9.08. The van der Waals surface area contributed by atoms with Crippen LogP contribution in [0.4, 0.5) is 5.69 Å². The highest BCUT2D eigenvalue weighted by atomic mass is 35.5. The van der Waals surface area contributed by atoms with Crippen LogP contribution in [-0.2, 0) is 11.4 Å². The van der Waals surface area contributed by atoms with Crippen LogP contribution < -0.4 is 19.5 Å². The summed E-state index contributed by atoms with van der Waals surface area (Å²) in [4.78, 5) is 12.2. The lowest BCUT2D eigenvalue weighted by molar-refractivity contribution is -0.118. The molecular weight excluding hydrogens is 390 g/mol. The van der Waals surface area contributed by atoms with E-state index in [-0.39, 0.29) is 12.5 Å². The summed E-state index contributed by atoms with van der Waals surface area (Å²) in [6, 6.07) is 20.5. The Bertz CT molecular complexity index is 959. The second-order valence-electron chi connectivity index (χ2n) is 6.38. The van der Waals surface area contributed by atoms with Crippen LogP contribution in [0.3, 0.4) is 0 Å². The molecule has 5 nitrogen and oxygen atoms in total. The Labute approximate surface area is 175 Å². The first kappa shape index (κ1) is 20.6. The molecular formula is C23H22ClNO4. The number of rotatable bonds is 8. The lowest BCUT2D eigenvalue weighted by atomic mass is 10.2. The minimum Gasteiger partial charge on any atom is -0.495 e. The molecule has 6 heteroatoms. The van der Waals surface area contributed by atoms with Gasteiger partial charge in [0.2, 0.25) is 0 Å². The first-order valence-corrected chi connectivity index (χ1v) is 9.46. The van der Waals surface area contributed by atoms with Crippen LogP contribution in [0, 0.1) is 6.92 Å². The summed E-state index contributed by atoms with van der Waals surface area (Å²) in [5.74, 6) is 1.50. The van der Waals surface area contributed by atoms with E-state index in [4.69, 9.17) is 25.8 Å². The Hall–Kier alpha value is -3.18. The minimum absolute atomic E-state index is 0.130. The fraction of sp³-hybridized carbons (Fsp3) is 0.174. The van der Waals surface area contributed by atoms with Crippen LogP contribution in [-0.4, -0.2) is 19.6 Å². The van der Waals surface area contributed by atoms with Gasteiger partial charge in [-0.3, -0.25) is 4.79 Å². The largest absolute Gasteiger partial charge is 0.495 e. The molecule has 0 aliphatic rings. The predicted octanol–water partition coefficient (Wildman–Crippen LogP) is 5.25. The van der Waals surface area contributed by atoms with Gasteiger partial charge in [0.15, 0.2) is 6.61 Å². The van der Waals surface area contributed by atoms with Crippen molar-refractivity contribution in [1.82, 2.24) is 0 Å². The van der Waals surface area contributed by atoms with E-state index in [0.29, 0.717) is 28.8 Å². The number of benzene rings is 3. The SMILES string of the molecule is COc1cc(Cl)c(C)cc1NC(=O)COc1ccc(OCc2ccccc2)cc1. The number of carbonyl (C=O) groups excluding carboxylic acids is 1. The van der Waals surface area contributed by atoms with Crippen LogP contribution in [0.25, 0.3) is 0 Å². The van der Waals surface area contributed by atoms with Crippen LogP contribution in [0.1, 0.15) is 11.1 Å². The molecule has 0 heterocycles. The van der Waals surface area contributed by atoms with Crippen molar-refractivity contribution >= 4 is 23.2 Å². The molecule has 0 saturated heterocycles. The number of nitrogens with one attached hydrogen (secondary N) is 1. The van der Waals surface area contributed by atoms with Crippen LogP contribution in [0.2, 0.25) is 5.02 Å². The van der Waals surface area contributed by atoms with E-state index in [9.17, 15) is 4.79 Å². The van der Waals surface area contributed by atoms with Gasteiger partial charge in [-0.05, 0) is 48.4 Å². The Morgan fingerprint density at radius 2 is 1.62 bits per heavy atom. The fourth-order valence-corrected chi connectivity index (χ4v) is 2.79. The van der Waals surface area contributed by atoms with Crippen molar-refractivity contribution in [2.75, 3.05) is 19.0 Å². The molecule has 0 fully saturated rings. The van der Waals surface area contributed by atoms with E-state index >= 15 is 0 Å². The molecule has 0 radical (unpaired) electrons. The lowest BCUT2D eigenvalue weighted by Gasteiger charge is -2.13. The Kier molecular flexibility index (Phi) is 6.98. The second kappa shape index (κ2) is 9.85. The third-order valence-corrected chi connectivity index (χ3v) is 4.60. The monoisotopic (exact) mass is 411 g/mol. The number of ether oxygens (including phenoxy) is 3. The maximum atomic E-state index is 12.2. The molecule has 3 aromatic carbocycles. The zero-order chi connectivity index (χ0) is 20.6. The number of hydrogen-bond acceptors (Lipinski definition) is 4. The molecule has 0 aliphatic heterocycles. The van der Waals surface area contributed by atoms with Gasteiger partial charge < -0.3 is 19.5 Å². The molecule has 0 unspecified atom stereocenters. The van der Waals surface area contributed by atoms with E-state index in [1.165, 1.54) is 7.11 Å². The Morgan fingerprint density at radius 3 is 2.28 bits per heavy atom. The number of anilines is 1. The molecule has 3 rings (SSSR count). The Balaban J connectivity index is 1.51. The van der Waals surface area contributed by atoms with Gasteiger partial charge in [0.25, 0.3) is 5.91 Å². The molecule has 1 amide bonds. The van der Waals surface area contributed by atoms with E-state index in [2.05, 4.69) is 5.32 Å². The van der Waals surface area contributed by atoms with Gasteiger partial charge in [0, 0.05) is 11.1 Å². The van der Waals surface area contributed by atoms with E-state index < -0.39 is 0 Å². The van der Waals surface area contributed by atoms with Gasteiger partial charge in [-0.1, -0.05) is 41.9 Å². The van der Waals surface area contributed by atoms with Crippen molar-refractivity contribution in [3.63, 3.8) is 0 Å². The average molecular weight is 412 g/mol. The molecule has 0 bridgehead atoms. The maximum absolute atomic E-state index is 12.2. The van der Waals surface area contributed by atoms with Gasteiger partial charge in [0.1, 0.15) is 23.9 Å². The van der Waals surface area contributed by atoms with Crippen molar-refractivity contribution < 1.29 is 19.0 Å². The maximum Gasteiger partial charge on any atom is 0.262 e. The second-order valence-corrected chi connectivity index (χ2v) is 6.79. The fourth-order valence-electron chi connectivity index (χ4n) is 2.64. The van der Waals surface area contributed by atoms with E-state index in [1.54, 1.807) is 24.3 Å². The van der Waals surface area contributed by atoms with Gasteiger partial charge in [-0.15, -0.1) is 0 Å². The van der Waals surface area contributed by atoms with Gasteiger partial charge in [-0.2, -0.15) is 0 Å². The number of halogens is 1. The van der Waals surface area contributed by atoms with E-state index in [1.807, 2.05) is 49.4 Å². The molecule has 0 aromatic heterocycles. The Morgan fingerprint density at radius 1 is 0.966 bits per heavy atom. The molecule has 0 atom stereocenters. The summed E-state index contributed by atoms with van der Waals surface area (Å²) in [5.41, 5.74) is 2.49. The zero-order valence-corrected chi connectivity index (χ0v) is 17.0. The van der Waals surface area contributed by atoms with Crippen LogP contribution in [0.15, 0.2) is 66.7 Å². The number of amides is 1. The summed E-state index contributed by atoms with van der Waals surface area (Å²) in [7, 11) is 1.52. The normalized spacial score (nSPS) is 10.3. The van der Waals surface area contributed by atoms with Crippen LogP contribution in [0.5, 0.6) is 17.2 Å². The van der Waals surface area contributed by atoms with Crippen molar-refractivity contribution in [1.29, 1.82) is 0 Å². The number of hydrogen-bond donors (Lipinski definition) is 1. The third-order valence-electron chi connectivity index (χ3n) is 4.20. The number of methoxy groups -OCH3 is 1. The summed E-state index contributed by atoms with van der Waals surface area (Å²) in [6.45, 7) is 2.22. The highest BCUT2D eigenvalue weighted by molar-refractivity contribution is 6.31. The van der Waals surface area contributed by atoms with Gasteiger partial charge in [0.05, 0.1) is 12.8 Å². The predicted molar refractivity (Wildman–Crippen MR) is 114 cm³/mol. The van der Waals surface area contributed by atoms with E-state index in [0.717, 1.165) is 16.9 Å². The first-order chi connectivity index (χ1) is 14.0. The van der Waals surface area contributed by atoms with Crippen molar-refractivity contribution in [2.45, 2.75) is 13.5 Å². The van der Waals surface area contributed by atoms with Crippen LogP contribution >= 0.6 is 11.6 Å². The van der Waals surface area contributed by atoms with Crippen molar-refractivity contribution in [3.05, 3.63) is 82.9 Å². The number of carbonyl (C=O) groups is 1. The number of aryl methyl sites for hydroxylation is 1. The highest BCUT2D eigenvalue weighted by Crippen LogP contribution is 2.31. The molecule has 0 saturated carbocycles. The molecule has 29 heavy (non-hydrogen) atoms. The topological polar surface area (TPSA) is 56.8 Å². The molecule has 1 N–H and O–H groups in total. The summed E-state index contributed by atoms with van der Waals surface area (Å²) >= 11 is 6.08. The summed E-state index contributed by atoms with van der Waals surface area (Å²) < 4.78 is 16.5. The molecule has 0 spiro atoms. The molecule has 150 valence electrons. The van der Waals surface area contributed by atoms with Crippen molar-refractivity contribution in [2.24, 2.45) is 0 Å². The quantitative estimate of drug-likeness (QED) is 0.549. The third kappa shape index (κ3) is 5.90. The lowest BCUT2D eigenvalue weighted by Crippen LogP contribution is -2.20. The summed E-state index contributed by atoms with van der Waals surface area (Å²) in [5, 5.41) is 3.35. The highest BCUT2D eigenvalue weighted by Gasteiger charge is 2.11. The summed E-state index contributed by atoms with van der Waals surface area (Å²) in [6.07, 6.45) is 0. The minimum atomic E-state index is -0.297. The van der Waals surface area contributed by atoms with Gasteiger partial charge >= 0.3 is 0 Å². The standard InChI is InChI=1S/C23H22ClNO4/c1-16-12-21(22(27-2)13-20(16)24)25-23(26)15-29-19-10-8-18(9-11-19)28-14-17-6-4-3-5-7-17/h3-13H,14-15H2,1-2H3,(H,25,26). The van der Waals surface area contributed by atoms with Crippen molar-refractivity contribution in [3.8, 4) is 17.2 Å². The smallest absolute Gasteiger partial charge is 0.262 e. The molecule has 0 aliphatic carbocycles. The van der Waals surface area contributed by atoms with Gasteiger partial charge in [-0.25, -0.2) is 0 Å².